The molecule has 1 aliphatic rings. The zero-order valence-corrected chi connectivity index (χ0v) is 15.2. The minimum Gasteiger partial charge on any atom is -0.310 e. The third-order valence-corrected chi connectivity index (χ3v) is 4.33. The summed E-state index contributed by atoms with van der Waals surface area (Å²) in [4.78, 5) is 26.8. The monoisotopic (exact) mass is 368 g/mol. The van der Waals surface area contributed by atoms with Crippen LogP contribution in [0.15, 0.2) is 42.5 Å². The molecule has 0 spiro atoms. The predicted octanol–water partition coefficient (Wildman–Crippen LogP) is 3.93. The molecule has 3 rings (SSSR count). The number of hydrogen-bond donors (Lipinski definition) is 0. The molecular formula is C21H18F2N2O2. The summed E-state index contributed by atoms with van der Waals surface area (Å²) in [6, 6.07) is 9.26. The van der Waals surface area contributed by atoms with Gasteiger partial charge >= 0.3 is 6.03 Å². The summed E-state index contributed by atoms with van der Waals surface area (Å²) in [7, 11) is 0. The van der Waals surface area contributed by atoms with Crippen molar-refractivity contribution in [3.8, 4) is 11.8 Å². The Morgan fingerprint density at radius 1 is 0.963 bits per heavy atom. The minimum absolute atomic E-state index is 0.116. The topological polar surface area (TPSA) is 40.6 Å². The van der Waals surface area contributed by atoms with Crippen LogP contribution in [0, 0.1) is 23.5 Å². The molecule has 3 amide bonds. The lowest BCUT2D eigenvalue weighted by Gasteiger charge is -2.23. The van der Waals surface area contributed by atoms with Gasteiger partial charge in [-0.2, -0.15) is 0 Å². The number of halogens is 2. The van der Waals surface area contributed by atoms with E-state index in [1.807, 2.05) is 6.07 Å². The Bertz CT molecular complexity index is 938. The molecule has 1 fully saturated rings. The molecular weight excluding hydrogens is 350 g/mol. The van der Waals surface area contributed by atoms with E-state index in [-0.39, 0.29) is 11.6 Å². The van der Waals surface area contributed by atoms with E-state index >= 15 is 0 Å². The first-order chi connectivity index (χ1) is 12.8. The van der Waals surface area contributed by atoms with Crippen LogP contribution < -0.4 is 4.90 Å². The highest BCUT2D eigenvalue weighted by Gasteiger charge is 2.46. The maximum atomic E-state index is 14.6. The fourth-order valence-corrected chi connectivity index (χ4v) is 3.07. The van der Waals surface area contributed by atoms with Gasteiger partial charge in [0.25, 0.3) is 5.91 Å². The molecule has 6 heteroatoms. The SMILES string of the molecule is CC(C)N1C(=O)N(c2c(F)cc(C#Cc3ccccc3)cc2F)C(=O)C1C. The van der Waals surface area contributed by atoms with E-state index in [2.05, 4.69) is 11.8 Å². The molecule has 1 unspecified atom stereocenters. The van der Waals surface area contributed by atoms with E-state index in [0.717, 1.165) is 12.1 Å². The Morgan fingerprint density at radius 2 is 1.52 bits per heavy atom. The maximum absolute atomic E-state index is 14.6. The zero-order valence-electron chi connectivity index (χ0n) is 15.2. The lowest BCUT2D eigenvalue weighted by atomic mass is 10.1. The van der Waals surface area contributed by atoms with Crippen molar-refractivity contribution >= 4 is 17.6 Å². The van der Waals surface area contributed by atoms with Crippen molar-refractivity contribution in [1.29, 1.82) is 0 Å². The number of anilines is 1. The van der Waals surface area contributed by atoms with Gasteiger partial charge in [0.2, 0.25) is 0 Å². The standard InChI is InChI=1S/C21H18F2N2O2/c1-13(2)24-14(3)20(26)25(21(24)27)19-17(22)11-16(12-18(19)23)10-9-15-7-5-4-6-8-15/h4-8,11-14H,1-3H3. The first-order valence-corrected chi connectivity index (χ1v) is 8.53. The van der Waals surface area contributed by atoms with Crippen molar-refractivity contribution in [1.82, 2.24) is 4.90 Å². The normalized spacial score (nSPS) is 16.7. The van der Waals surface area contributed by atoms with E-state index in [1.54, 1.807) is 38.1 Å². The molecule has 2 aromatic rings. The number of carbonyl (C=O) groups is 2. The second-order valence-corrected chi connectivity index (χ2v) is 6.54. The molecule has 1 heterocycles. The first kappa shape index (κ1) is 18.6. The molecule has 27 heavy (non-hydrogen) atoms. The Kier molecular flexibility index (Phi) is 4.95. The van der Waals surface area contributed by atoms with E-state index in [0.29, 0.717) is 10.5 Å². The molecule has 2 aromatic carbocycles. The lowest BCUT2D eigenvalue weighted by Crippen LogP contribution is -2.39. The summed E-state index contributed by atoms with van der Waals surface area (Å²) in [5, 5.41) is 0. The molecule has 138 valence electrons. The number of benzene rings is 2. The van der Waals surface area contributed by atoms with Gasteiger partial charge in [0.1, 0.15) is 11.7 Å². The lowest BCUT2D eigenvalue weighted by molar-refractivity contribution is -0.119. The molecule has 0 bridgehead atoms. The summed E-state index contributed by atoms with van der Waals surface area (Å²) in [5.41, 5.74) is 0.157. The van der Waals surface area contributed by atoms with Crippen LogP contribution in [0.5, 0.6) is 0 Å². The van der Waals surface area contributed by atoms with Crippen LogP contribution in [0.1, 0.15) is 31.9 Å². The van der Waals surface area contributed by atoms with Gasteiger partial charge in [-0.3, -0.25) is 4.79 Å². The number of nitrogens with zero attached hydrogens (tertiary/aromatic N) is 2. The quantitative estimate of drug-likeness (QED) is 0.595. The summed E-state index contributed by atoms with van der Waals surface area (Å²) in [6.07, 6.45) is 0. The van der Waals surface area contributed by atoms with Crippen molar-refractivity contribution < 1.29 is 18.4 Å². The van der Waals surface area contributed by atoms with Gasteiger partial charge in [-0.05, 0) is 45.0 Å². The van der Waals surface area contributed by atoms with Crippen molar-refractivity contribution in [3.63, 3.8) is 0 Å². The molecule has 1 saturated heterocycles. The molecule has 1 aliphatic heterocycles. The van der Waals surface area contributed by atoms with Crippen LogP contribution >= 0.6 is 0 Å². The Hall–Kier alpha value is -3.20. The highest BCUT2D eigenvalue weighted by Crippen LogP contribution is 2.31. The Labute approximate surface area is 156 Å². The number of carbonyl (C=O) groups excluding carboxylic acids is 2. The van der Waals surface area contributed by atoms with Crippen molar-refractivity contribution in [2.75, 3.05) is 4.90 Å². The molecule has 0 N–H and O–H groups in total. The molecule has 4 nitrogen and oxygen atoms in total. The van der Waals surface area contributed by atoms with Crippen LogP contribution in [-0.2, 0) is 4.79 Å². The van der Waals surface area contributed by atoms with Crippen LogP contribution in [0.25, 0.3) is 0 Å². The van der Waals surface area contributed by atoms with Crippen molar-refractivity contribution in [2.24, 2.45) is 0 Å². The number of urea groups is 1. The third kappa shape index (κ3) is 3.41. The van der Waals surface area contributed by atoms with Crippen molar-refractivity contribution in [2.45, 2.75) is 32.9 Å². The van der Waals surface area contributed by atoms with E-state index in [4.69, 9.17) is 0 Å². The largest absolute Gasteiger partial charge is 0.332 e. The van der Waals surface area contributed by atoms with Crippen LogP contribution in [0.2, 0.25) is 0 Å². The molecule has 1 atom stereocenters. The Balaban J connectivity index is 1.98. The fraction of sp³-hybridized carbons (Fsp3) is 0.238. The van der Waals surface area contributed by atoms with E-state index in [9.17, 15) is 18.4 Å². The highest BCUT2D eigenvalue weighted by atomic mass is 19.1. The van der Waals surface area contributed by atoms with E-state index in [1.165, 1.54) is 11.8 Å². The van der Waals surface area contributed by atoms with Crippen LogP contribution in [-0.4, -0.2) is 28.9 Å². The highest BCUT2D eigenvalue weighted by molar-refractivity contribution is 6.21. The van der Waals surface area contributed by atoms with Crippen molar-refractivity contribution in [3.05, 3.63) is 65.2 Å². The number of hydrogen-bond acceptors (Lipinski definition) is 2. The molecule has 0 radical (unpaired) electrons. The summed E-state index contributed by atoms with van der Waals surface area (Å²) >= 11 is 0. The van der Waals surface area contributed by atoms with Gasteiger partial charge in [-0.15, -0.1) is 0 Å². The average Bonchev–Trinajstić information content (AvgIpc) is 2.84. The molecule has 0 saturated carbocycles. The fourth-order valence-electron chi connectivity index (χ4n) is 3.07. The number of imide groups is 1. The molecule has 0 aliphatic carbocycles. The second-order valence-electron chi connectivity index (χ2n) is 6.54. The number of rotatable bonds is 2. The number of amides is 3. The summed E-state index contributed by atoms with van der Waals surface area (Å²) < 4.78 is 29.2. The van der Waals surface area contributed by atoms with E-state index < -0.39 is 35.3 Å². The minimum atomic E-state index is -1.01. The average molecular weight is 368 g/mol. The van der Waals surface area contributed by atoms with Gasteiger partial charge in [0.15, 0.2) is 11.6 Å². The first-order valence-electron chi connectivity index (χ1n) is 8.53. The predicted molar refractivity (Wildman–Crippen MR) is 98.1 cm³/mol. The van der Waals surface area contributed by atoms with Gasteiger partial charge in [-0.25, -0.2) is 18.5 Å². The second kappa shape index (κ2) is 7.20. The zero-order chi connectivity index (χ0) is 19.7. The smallest absolute Gasteiger partial charge is 0.310 e. The van der Waals surface area contributed by atoms with Gasteiger partial charge in [-0.1, -0.05) is 30.0 Å². The van der Waals surface area contributed by atoms with Gasteiger partial charge < -0.3 is 4.90 Å². The van der Waals surface area contributed by atoms with Gasteiger partial charge in [0, 0.05) is 17.2 Å². The Morgan fingerprint density at radius 3 is 2.04 bits per heavy atom. The third-order valence-electron chi connectivity index (χ3n) is 4.33. The van der Waals surface area contributed by atoms with Crippen LogP contribution in [0.3, 0.4) is 0 Å². The maximum Gasteiger partial charge on any atom is 0.332 e. The van der Waals surface area contributed by atoms with Gasteiger partial charge in [0.05, 0.1) is 0 Å². The summed E-state index contributed by atoms with van der Waals surface area (Å²) in [5.74, 6) is 2.83. The van der Waals surface area contributed by atoms with Crippen LogP contribution in [0.4, 0.5) is 19.3 Å². The molecule has 0 aromatic heterocycles. The summed E-state index contributed by atoms with van der Waals surface area (Å²) in [6.45, 7) is 5.01.